The molecule has 1 aromatic heterocycles. The van der Waals surface area contributed by atoms with Crippen LogP contribution in [-0.2, 0) is 13.1 Å². The number of rotatable bonds is 4. The number of hydrogen-bond donors (Lipinski definition) is 1. The molecule has 18 heavy (non-hydrogen) atoms. The maximum atomic E-state index is 12.1. The first-order valence-electron chi connectivity index (χ1n) is 5.76. The quantitative estimate of drug-likeness (QED) is 0.825. The van der Waals surface area contributed by atoms with E-state index in [-0.39, 0.29) is 24.3 Å². The molecule has 0 aliphatic heterocycles. The van der Waals surface area contributed by atoms with Crippen molar-refractivity contribution in [3.05, 3.63) is 69.0 Å². The predicted molar refractivity (Wildman–Crippen MR) is 69.6 cm³/mol. The second-order valence-electron chi connectivity index (χ2n) is 3.99. The Morgan fingerprint density at radius 1 is 1.06 bits per heavy atom. The Morgan fingerprint density at radius 3 is 2.44 bits per heavy atom. The SMILES string of the molecule is NCCn1c(=O)ccn(Cc2ccccc2)c1=O. The molecule has 5 heteroatoms. The highest BCUT2D eigenvalue weighted by Gasteiger charge is 2.04. The molecule has 0 spiro atoms. The summed E-state index contributed by atoms with van der Waals surface area (Å²) in [5.41, 5.74) is 5.77. The Hall–Kier alpha value is -2.14. The molecule has 0 unspecified atom stereocenters. The zero-order chi connectivity index (χ0) is 13.0. The van der Waals surface area contributed by atoms with Crippen LogP contribution in [0.3, 0.4) is 0 Å². The highest BCUT2D eigenvalue weighted by atomic mass is 16.2. The Balaban J connectivity index is 2.38. The van der Waals surface area contributed by atoms with Gasteiger partial charge in [0, 0.05) is 25.4 Å². The fourth-order valence-corrected chi connectivity index (χ4v) is 1.79. The van der Waals surface area contributed by atoms with Gasteiger partial charge in [-0.05, 0) is 5.56 Å². The fraction of sp³-hybridized carbons (Fsp3) is 0.231. The van der Waals surface area contributed by atoms with Crippen molar-refractivity contribution in [1.29, 1.82) is 0 Å². The average molecular weight is 245 g/mol. The van der Waals surface area contributed by atoms with E-state index in [2.05, 4.69) is 0 Å². The van der Waals surface area contributed by atoms with Crippen LogP contribution < -0.4 is 17.0 Å². The van der Waals surface area contributed by atoms with E-state index in [0.717, 1.165) is 10.1 Å². The van der Waals surface area contributed by atoms with Gasteiger partial charge in [-0.2, -0.15) is 0 Å². The molecule has 0 saturated carbocycles. The predicted octanol–water partition coefficient (Wildman–Crippen LogP) is 0.0170. The van der Waals surface area contributed by atoms with E-state index in [9.17, 15) is 9.59 Å². The lowest BCUT2D eigenvalue weighted by atomic mass is 10.2. The second kappa shape index (κ2) is 5.46. The molecule has 94 valence electrons. The third-order valence-corrected chi connectivity index (χ3v) is 2.69. The maximum Gasteiger partial charge on any atom is 0.331 e. The summed E-state index contributed by atoms with van der Waals surface area (Å²) in [5.74, 6) is 0. The van der Waals surface area contributed by atoms with Gasteiger partial charge in [0.1, 0.15) is 0 Å². The van der Waals surface area contributed by atoms with Gasteiger partial charge < -0.3 is 5.73 Å². The zero-order valence-corrected chi connectivity index (χ0v) is 9.95. The van der Waals surface area contributed by atoms with Crippen LogP contribution >= 0.6 is 0 Å². The van der Waals surface area contributed by atoms with Gasteiger partial charge in [-0.3, -0.25) is 13.9 Å². The van der Waals surface area contributed by atoms with Gasteiger partial charge in [0.25, 0.3) is 5.56 Å². The van der Waals surface area contributed by atoms with Crippen molar-refractivity contribution < 1.29 is 0 Å². The Labute approximate surface area is 104 Å². The lowest BCUT2D eigenvalue weighted by Crippen LogP contribution is -2.40. The molecule has 2 aromatic rings. The standard InChI is InChI=1S/C13H15N3O2/c14-7-9-16-12(17)6-8-15(13(16)18)10-11-4-2-1-3-5-11/h1-6,8H,7,9-10,14H2. The Bertz CT molecular complexity index is 629. The molecule has 0 bridgehead atoms. The number of aromatic nitrogens is 2. The second-order valence-corrected chi connectivity index (χ2v) is 3.99. The number of nitrogens with two attached hydrogens (primary N) is 1. The minimum Gasteiger partial charge on any atom is -0.329 e. The summed E-state index contributed by atoms with van der Waals surface area (Å²) in [6.45, 7) is 0.961. The first-order chi connectivity index (χ1) is 8.72. The van der Waals surface area contributed by atoms with Gasteiger partial charge in [0.15, 0.2) is 0 Å². The van der Waals surface area contributed by atoms with Crippen LogP contribution in [0.4, 0.5) is 0 Å². The van der Waals surface area contributed by atoms with Crippen molar-refractivity contribution in [2.24, 2.45) is 5.73 Å². The highest BCUT2D eigenvalue weighted by Crippen LogP contribution is 1.99. The Kier molecular flexibility index (Phi) is 3.74. The van der Waals surface area contributed by atoms with Crippen LogP contribution in [0.25, 0.3) is 0 Å². The van der Waals surface area contributed by atoms with Crippen molar-refractivity contribution in [3.8, 4) is 0 Å². The smallest absolute Gasteiger partial charge is 0.329 e. The monoisotopic (exact) mass is 245 g/mol. The summed E-state index contributed by atoms with van der Waals surface area (Å²) < 4.78 is 2.66. The van der Waals surface area contributed by atoms with E-state index in [1.807, 2.05) is 30.3 Å². The number of hydrogen-bond acceptors (Lipinski definition) is 3. The van der Waals surface area contributed by atoms with E-state index in [1.54, 1.807) is 0 Å². The van der Waals surface area contributed by atoms with Gasteiger partial charge >= 0.3 is 5.69 Å². The molecule has 2 rings (SSSR count). The molecule has 0 amide bonds. The summed E-state index contributed by atoms with van der Waals surface area (Å²) in [5, 5.41) is 0. The number of nitrogens with zero attached hydrogens (tertiary/aromatic N) is 2. The molecule has 1 heterocycles. The molecule has 1 aromatic carbocycles. The van der Waals surface area contributed by atoms with Crippen molar-refractivity contribution in [3.63, 3.8) is 0 Å². The van der Waals surface area contributed by atoms with Gasteiger partial charge in [-0.25, -0.2) is 4.79 Å². The summed E-state index contributed by atoms with van der Waals surface area (Å²) in [4.78, 5) is 23.6. The van der Waals surface area contributed by atoms with E-state index >= 15 is 0 Å². The summed E-state index contributed by atoms with van der Waals surface area (Å²) in [7, 11) is 0. The summed E-state index contributed by atoms with van der Waals surface area (Å²) in [6.07, 6.45) is 1.52. The minimum absolute atomic E-state index is 0.243. The first-order valence-corrected chi connectivity index (χ1v) is 5.76. The van der Waals surface area contributed by atoms with Gasteiger partial charge in [0.05, 0.1) is 6.54 Å². The summed E-state index contributed by atoms with van der Waals surface area (Å²) in [6, 6.07) is 11.0. The van der Waals surface area contributed by atoms with Crippen LogP contribution in [0, 0.1) is 0 Å². The molecule has 0 saturated heterocycles. The molecule has 0 aliphatic rings. The molecule has 2 N–H and O–H groups in total. The number of benzene rings is 1. The van der Waals surface area contributed by atoms with Crippen molar-refractivity contribution >= 4 is 0 Å². The third-order valence-electron chi connectivity index (χ3n) is 2.69. The Morgan fingerprint density at radius 2 is 1.78 bits per heavy atom. The maximum absolute atomic E-state index is 12.1. The summed E-state index contributed by atoms with van der Waals surface area (Å²) >= 11 is 0. The average Bonchev–Trinajstić information content (AvgIpc) is 2.39. The van der Waals surface area contributed by atoms with E-state index < -0.39 is 0 Å². The fourth-order valence-electron chi connectivity index (χ4n) is 1.79. The molecule has 0 aliphatic carbocycles. The molecular weight excluding hydrogens is 230 g/mol. The molecule has 0 atom stereocenters. The van der Waals surface area contributed by atoms with Gasteiger partial charge in [-0.15, -0.1) is 0 Å². The van der Waals surface area contributed by atoms with Crippen molar-refractivity contribution in [2.75, 3.05) is 6.54 Å². The normalized spacial score (nSPS) is 10.5. The third kappa shape index (κ3) is 2.57. The highest BCUT2D eigenvalue weighted by molar-refractivity contribution is 5.15. The largest absolute Gasteiger partial charge is 0.331 e. The van der Waals surface area contributed by atoms with Crippen LogP contribution in [-0.4, -0.2) is 15.7 Å². The van der Waals surface area contributed by atoms with E-state index in [0.29, 0.717) is 6.54 Å². The van der Waals surface area contributed by atoms with E-state index in [1.165, 1.54) is 16.8 Å². The molecule has 0 fully saturated rings. The lowest BCUT2D eigenvalue weighted by Gasteiger charge is -2.09. The van der Waals surface area contributed by atoms with Crippen LogP contribution in [0.1, 0.15) is 5.56 Å². The van der Waals surface area contributed by atoms with E-state index in [4.69, 9.17) is 5.73 Å². The lowest BCUT2D eigenvalue weighted by molar-refractivity contribution is 0.579. The van der Waals surface area contributed by atoms with Crippen LogP contribution in [0.2, 0.25) is 0 Å². The molecular formula is C13H15N3O2. The van der Waals surface area contributed by atoms with Crippen molar-refractivity contribution in [1.82, 2.24) is 9.13 Å². The minimum atomic E-state index is -0.322. The van der Waals surface area contributed by atoms with Gasteiger partial charge in [0.2, 0.25) is 0 Å². The zero-order valence-electron chi connectivity index (χ0n) is 9.95. The molecule has 0 radical (unpaired) electrons. The topological polar surface area (TPSA) is 70.0 Å². The first kappa shape index (κ1) is 12.3. The molecule has 5 nitrogen and oxygen atoms in total. The van der Waals surface area contributed by atoms with Crippen LogP contribution in [0.5, 0.6) is 0 Å². The van der Waals surface area contributed by atoms with Gasteiger partial charge in [-0.1, -0.05) is 30.3 Å². The van der Waals surface area contributed by atoms with Crippen LogP contribution in [0.15, 0.2) is 52.2 Å². The van der Waals surface area contributed by atoms with Crippen molar-refractivity contribution in [2.45, 2.75) is 13.1 Å².